The van der Waals surface area contributed by atoms with Crippen LogP contribution < -0.4 is 0 Å². The largest absolute Gasteiger partial charge is 0.455 e. The number of hydrogen-bond donors (Lipinski definition) is 0. The summed E-state index contributed by atoms with van der Waals surface area (Å²) >= 11 is 0. The maximum atomic E-state index is 9.77. The molecule has 0 N–H and O–H groups in total. The van der Waals surface area contributed by atoms with Crippen molar-refractivity contribution in [3.05, 3.63) is 102 Å². The number of benzene rings is 4. The van der Waals surface area contributed by atoms with Gasteiger partial charge in [0.2, 0.25) is 0 Å². The van der Waals surface area contributed by atoms with Gasteiger partial charge in [-0.15, -0.1) is 0 Å². The molecule has 0 amide bonds. The van der Waals surface area contributed by atoms with Gasteiger partial charge in [-0.3, -0.25) is 0 Å². The predicted molar refractivity (Wildman–Crippen MR) is 208 cm³/mol. The number of para-hydroxylation sites is 1. The third-order valence-corrected chi connectivity index (χ3v) is 15.0. The Morgan fingerprint density at radius 1 is 0.509 bits per heavy atom. The normalized spacial score (nSPS) is 32.1. The van der Waals surface area contributed by atoms with Crippen LogP contribution in [0.3, 0.4) is 0 Å². The SMILES string of the molecule is N#Cc1cccc2c1oc1ccc(-c3nc(-c4ccccc4)nc(-c4cc(C56CC7CC(CC(C7)C5)C6)cc(C56CC7CC(CC(C7)C5)C6)c4)n3)cc12. The van der Waals surface area contributed by atoms with Crippen LogP contribution in [0.4, 0.5) is 0 Å². The fourth-order valence-electron chi connectivity index (χ4n) is 13.7. The molecule has 4 aromatic carbocycles. The van der Waals surface area contributed by atoms with Crippen molar-refractivity contribution in [2.24, 2.45) is 35.5 Å². The van der Waals surface area contributed by atoms with E-state index in [0.29, 0.717) is 22.8 Å². The molecule has 8 aliphatic carbocycles. The first-order chi connectivity index (χ1) is 26.0. The fraction of sp³-hybridized carbons (Fsp3) is 0.417. The Kier molecular flexibility index (Phi) is 6.42. The minimum absolute atomic E-state index is 0.287. The standard InChI is InChI=1S/C48H44N4O/c49-27-36-7-4-8-40-41-19-35(9-10-42(41)53-43(36)40)45-50-44(34-5-2-1-3-6-34)51-46(52-45)37-17-38(47-21-28-11-29(22-47)13-30(12-28)23-47)20-39(18-37)48-24-31-14-32(25-48)16-33(15-31)26-48/h1-10,17-20,28-33H,11-16,21-26H2. The van der Waals surface area contributed by atoms with Gasteiger partial charge in [0.1, 0.15) is 11.7 Å². The summed E-state index contributed by atoms with van der Waals surface area (Å²) < 4.78 is 6.20. The lowest BCUT2D eigenvalue weighted by molar-refractivity contribution is -0.00832. The van der Waals surface area contributed by atoms with Gasteiger partial charge in [-0.1, -0.05) is 48.5 Å². The highest BCUT2D eigenvalue weighted by molar-refractivity contribution is 6.07. The van der Waals surface area contributed by atoms with Gasteiger partial charge in [-0.05, 0) is 171 Å². The first-order valence-corrected chi connectivity index (χ1v) is 20.3. The lowest BCUT2D eigenvalue weighted by atomic mass is 9.46. The van der Waals surface area contributed by atoms with Gasteiger partial charge in [-0.2, -0.15) is 5.26 Å². The molecule has 262 valence electrons. The molecule has 0 radical (unpaired) electrons. The Labute approximate surface area is 310 Å². The lowest BCUT2D eigenvalue weighted by Gasteiger charge is -2.58. The van der Waals surface area contributed by atoms with Gasteiger partial charge >= 0.3 is 0 Å². The summed E-state index contributed by atoms with van der Waals surface area (Å²) in [6.07, 6.45) is 16.8. The van der Waals surface area contributed by atoms with Crippen LogP contribution in [0.2, 0.25) is 0 Å². The van der Waals surface area contributed by atoms with Crippen molar-refractivity contribution in [2.45, 2.75) is 87.9 Å². The van der Waals surface area contributed by atoms with E-state index in [1.165, 1.54) is 82.6 Å². The molecule has 8 aliphatic rings. The molecular weight excluding hydrogens is 649 g/mol. The van der Waals surface area contributed by atoms with E-state index >= 15 is 0 Å². The summed E-state index contributed by atoms with van der Waals surface area (Å²) in [5.74, 6) is 7.47. The van der Waals surface area contributed by atoms with Crippen LogP contribution in [-0.4, -0.2) is 15.0 Å². The monoisotopic (exact) mass is 692 g/mol. The van der Waals surface area contributed by atoms with Crippen molar-refractivity contribution in [3.8, 4) is 40.2 Å². The topological polar surface area (TPSA) is 75.6 Å². The summed E-state index contributed by atoms with van der Waals surface area (Å²) in [6.45, 7) is 0. The molecule has 6 aromatic rings. The van der Waals surface area contributed by atoms with Crippen LogP contribution in [0, 0.1) is 46.8 Å². The van der Waals surface area contributed by atoms with E-state index in [9.17, 15) is 5.26 Å². The second-order valence-electron chi connectivity index (χ2n) is 18.5. The van der Waals surface area contributed by atoms with Crippen LogP contribution in [0.15, 0.2) is 89.3 Å². The summed E-state index contributed by atoms with van der Waals surface area (Å²) in [5.41, 5.74) is 8.75. The first-order valence-electron chi connectivity index (χ1n) is 20.3. The van der Waals surface area contributed by atoms with Gasteiger partial charge in [-0.25, -0.2) is 15.0 Å². The van der Waals surface area contributed by atoms with Crippen molar-refractivity contribution in [2.75, 3.05) is 0 Å². The van der Waals surface area contributed by atoms with Crippen molar-refractivity contribution in [1.82, 2.24) is 15.0 Å². The van der Waals surface area contributed by atoms with Crippen LogP contribution in [0.1, 0.15) is 93.7 Å². The highest BCUT2D eigenvalue weighted by atomic mass is 16.3. The molecule has 0 aliphatic heterocycles. The Hall–Kier alpha value is -4.82. The number of furan rings is 1. The molecule has 0 saturated heterocycles. The minimum Gasteiger partial charge on any atom is -0.455 e. The van der Waals surface area contributed by atoms with Gasteiger partial charge in [0.15, 0.2) is 23.1 Å². The number of hydrogen-bond acceptors (Lipinski definition) is 5. The van der Waals surface area contributed by atoms with Crippen molar-refractivity contribution >= 4 is 21.9 Å². The fourth-order valence-corrected chi connectivity index (χ4v) is 13.7. The highest BCUT2D eigenvalue weighted by Gasteiger charge is 2.54. The number of rotatable bonds is 5. The molecule has 2 heterocycles. The summed E-state index contributed by atoms with van der Waals surface area (Å²) in [5, 5.41) is 11.7. The van der Waals surface area contributed by atoms with Crippen LogP contribution in [0.5, 0.6) is 0 Å². The molecule has 5 nitrogen and oxygen atoms in total. The molecule has 0 atom stereocenters. The van der Waals surface area contributed by atoms with Crippen LogP contribution in [-0.2, 0) is 10.8 Å². The van der Waals surface area contributed by atoms with Crippen LogP contribution in [0.25, 0.3) is 56.1 Å². The molecule has 53 heavy (non-hydrogen) atoms. The zero-order valence-corrected chi connectivity index (χ0v) is 30.2. The van der Waals surface area contributed by atoms with Gasteiger partial charge in [0, 0.05) is 27.5 Å². The molecule has 8 bridgehead atoms. The highest BCUT2D eigenvalue weighted by Crippen LogP contribution is 2.64. The summed E-state index contributed by atoms with van der Waals surface area (Å²) in [6, 6.07) is 32.4. The smallest absolute Gasteiger partial charge is 0.164 e. The van der Waals surface area contributed by atoms with Crippen molar-refractivity contribution < 1.29 is 4.42 Å². The first kappa shape index (κ1) is 30.6. The maximum absolute atomic E-state index is 9.77. The molecule has 14 rings (SSSR count). The van der Waals surface area contributed by atoms with E-state index in [1.807, 2.05) is 30.3 Å². The van der Waals surface area contributed by atoms with Gasteiger partial charge in [0.25, 0.3) is 0 Å². The summed E-state index contributed by atoms with van der Waals surface area (Å²) in [7, 11) is 0. The average molecular weight is 693 g/mol. The second kappa shape index (κ2) is 11.1. The van der Waals surface area contributed by atoms with E-state index in [1.54, 1.807) is 11.1 Å². The number of nitriles is 1. The second-order valence-corrected chi connectivity index (χ2v) is 18.5. The summed E-state index contributed by atoms with van der Waals surface area (Å²) in [4.78, 5) is 15.8. The molecule has 0 unspecified atom stereocenters. The predicted octanol–water partition coefficient (Wildman–Crippen LogP) is 11.6. The number of aromatic nitrogens is 3. The molecule has 5 heteroatoms. The maximum Gasteiger partial charge on any atom is 0.164 e. The van der Waals surface area contributed by atoms with Crippen molar-refractivity contribution in [3.63, 3.8) is 0 Å². The molecule has 8 fully saturated rings. The van der Waals surface area contributed by atoms with Crippen LogP contribution >= 0.6 is 0 Å². The Bertz CT molecular complexity index is 2370. The third kappa shape index (κ3) is 4.76. The van der Waals surface area contributed by atoms with E-state index in [2.05, 4.69) is 60.7 Å². The van der Waals surface area contributed by atoms with Gasteiger partial charge < -0.3 is 4.42 Å². The molecule has 8 saturated carbocycles. The number of fused-ring (bicyclic) bond motifs is 3. The Morgan fingerprint density at radius 2 is 1.04 bits per heavy atom. The number of nitrogens with zero attached hydrogens (tertiary/aromatic N) is 4. The minimum atomic E-state index is 0.287. The molecular formula is C48H44N4O. The van der Waals surface area contributed by atoms with Crippen molar-refractivity contribution in [1.29, 1.82) is 5.26 Å². The van der Waals surface area contributed by atoms with E-state index < -0.39 is 0 Å². The van der Waals surface area contributed by atoms with E-state index in [4.69, 9.17) is 19.4 Å². The Morgan fingerprint density at radius 3 is 1.58 bits per heavy atom. The molecule has 0 spiro atoms. The van der Waals surface area contributed by atoms with Gasteiger partial charge in [0.05, 0.1) is 5.56 Å². The zero-order chi connectivity index (χ0) is 34.9. The quantitative estimate of drug-likeness (QED) is 0.180. The van der Waals surface area contributed by atoms with E-state index in [-0.39, 0.29) is 10.8 Å². The lowest BCUT2D eigenvalue weighted by Crippen LogP contribution is -2.50. The zero-order valence-electron chi connectivity index (χ0n) is 30.2. The average Bonchev–Trinajstić information content (AvgIpc) is 3.55. The van der Waals surface area contributed by atoms with E-state index in [0.717, 1.165) is 68.8 Å². The molecule has 2 aromatic heterocycles. The third-order valence-electron chi connectivity index (χ3n) is 15.0. The Balaban J connectivity index is 1.06.